The molecule has 0 heterocycles. The number of hydrogen-bond donors (Lipinski definition) is 2. The number of nitrogens with one attached hydrogen (secondary N) is 2. The number of methoxy groups -OCH3 is 2. The van der Waals surface area contributed by atoms with Gasteiger partial charge < -0.3 is 14.8 Å². The van der Waals surface area contributed by atoms with Gasteiger partial charge in [-0.15, -0.1) is 0 Å². The standard InChI is InChI=1S/C14H22N2O5S/c1-4-7-16-22(18,19)9-8-15-14(17)11-5-6-12(20-2)13(10-11)21-3/h5-6,10,16H,4,7-9H2,1-3H3,(H,15,17). The maximum absolute atomic E-state index is 12.0. The average molecular weight is 330 g/mol. The molecule has 0 fully saturated rings. The van der Waals surface area contributed by atoms with Crippen LogP contribution in [0.15, 0.2) is 18.2 Å². The highest BCUT2D eigenvalue weighted by atomic mass is 32.2. The molecule has 0 atom stereocenters. The van der Waals surface area contributed by atoms with Gasteiger partial charge in [0.05, 0.1) is 20.0 Å². The third-order valence-corrected chi connectivity index (χ3v) is 4.26. The van der Waals surface area contributed by atoms with E-state index in [0.29, 0.717) is 23.6 Å². The highest BCUT2D eigenvalue weighted by molar-refractivity contribution is 7.89. The third kappa shape index (κ3) is 5.53. The van der Waals surface area contributed by atoms with Crippen LogP contribution in [0.25, 0.3) is 0 Å². The predicted molar refractivity (Wildman–Crippen MR) is 84.0 cm³/mol. The van der Waals surface area contributed by atoms with Crippen molar-refractivity contribution in [3.05, 3.63) is 23.8 Å². The van der Waals surface area contributed by atoms with Gasteiger partial charge in [0, 0.05) is 18.7 Å². The highest BCUT2D eigenvalue weighted by Crippen LogP contribution is 2.27. The number of amides is 1. The first kappa shape index (κ1) is 18.2. The molecule has 0 aliphatic heterocycles. The van der Waals surface area contributed by atoms with Gasteiger partial charge in [0.25, 0.3) is 5.91 Å². The molecule has 0 spiro atoms. The van der Waals surface area contributed by atoms with E-state index < -0.39 is 10.0 Å². The molecule has 1 aromatic rings. The minimum atomic E-state index is -3.35. The molecule has 0 radical (unpaired) electrons. The van der Waals surface area contributed by atoms with Crippen molar-refractivity contribution >= 4 is 15.9 Å². The molecule has 22 heavy (non-hydrogen) atoms. The minimum Gasteiger partial charge on any atom is -0.493 e. The van der Waals surface area contributed by atoms with Crippen molar-refractivity contribution in [1.29, 1.82) is 0 Å². The molecule has 1 amide bonds. The summed E-state index contributed by atoms with van der Waals surface area (Å²) in [5.74, 6) is 0.427. The zero-order valence-electron chi connectivity index (χ0n) is 13.0. The third-order valence-electron chi connectivity index (χ3n) is 2.87. The van der Waals surface area contributed by atoms with Crippen LogP contribution in [0.5, 0.6) is 11.5 Å². The number of ether oxygens (including phenoxy) is 2. The Morgan fingerprint density at radius 3 is 2.41 bits per heavy atom. The normalized spacial score (nSPS) is 11.0. The lowest BCUT2D eigenvalue weighted by Crippen LogP contribution is -2.34. The zero-order chi connectivity index (χ0) is 16.6. The van der Waals surface area contributed by atoms with Crippen molar-refractivity contribution in [3.8, 4) is 11.5 Å². The van der Waals surface area contributed by atoms with Crippen molar-refractivity contribution < 1.29 is 22.7 Å². The van der Waals surface area contributed by atoms with Gasteiger partial charge in [-0.25, -0.2) is 13.1 Å². The van der Waals surface area contributed by atoms with E-state index in [0.717, 1.165) is 6.42 Å². The molecule has 0 saturated carbocycles. The van der Waals surface area contributed by atoms with E-state index in [2.05, 4.69) is 10.0 Å². The highest BCUT2D eigenvalue weighted by Gasteiger charge is 2.13. The number of rotatable bonds is 9. The van der Waals surface area contributed by atoms with E-state index in [9.17, 15) is 13.2 Å². The van der Waals surface area contributed by atoms with Gasteiger partial charge in [0.1, 0.15) is 0 Å². The van der Waals surface area contributed by atoms with Crippen LogP contribution in [0.3, 0.4) is 0 Å². The first-order chi connectivity index (χ1) is 10.4. The smallest absolute Gasteiger partial charge is 0.251 e. The molecule has 7 nitrogen and oxygen atoms in total. The Morgan fingerprint density at radius 1 is 1.14 bits per heavy atom. The second kappa shape index (κ2) is 8.60. The second-order valence-electron chi connectivity index (χ2n) is 4.54. The Labute approximate surface area is 131 Å². The van der Waals surface area contributed by atoms with Crippen LogP contribution in [-0.2, 0) is 10.0 Å². The molecule has 0 unspecified atom stereocenters. The van der Waals surface area contributed by atoms with E-state index in [4.69, 9.17) is 9.47 Å². The topological polar surface area (TPSA) is 93.7 Å². The van der Waals surface area contributed by atoms with E-state index in [-0.39, 0.29) is 18.2 Å². The predicted octanol–water partition coefficient (Wildman–Crippen LogP) is 0.763. The molecule has 1 rings (SSSR count). The van der Waals surface area contributed by atoms with Crippen molar-refractivity contribution in [2.75, 3.05) is 33.1 Å². The molecule has 1 aromatic carbocycles. The molecule has 0 aromatic heterocycles. The molecule has 0 saturated heterocycles. The maximum atomic E-state index is 12.0. The molecular formula is C14H22N2O5S. The fourth-order valence-electron chi connectivity index (χ4n) is 1.71. The van der Waals surface area contributed by atoms with E-state index in [1.165, 1.54) is 20.3 Å². The summed E-state index contributed by atoms with van der Waals surface area (Å²) in [7, 11) is -0.371. The van der Waals surface area contributed by atoms with Crippen molar-refractivity contribution in [2.24, 2.45) is 0 Å². The van der Waals surface area contributed by atoms with Crippen molar-refractivity contribution in [1.82, 2.24) is 10.0 Å². The molecule has 0 bridgehead atoms. The molecule has 0 aliphatic carbocycles. The number of sulfonamides is 1. The van der Waals surface area contributed by atoms with Crippen molar-refractivity contribution in [3.63, 3.8) is 0 Å². The fraction of sp³-hybridized carbons (Fsp3) is 0.500. The Kier molecular flexibility index (Phi) is 7.13. The fourth-order valence-corrected chi connectivity index (χ4v) is 2.74. The largest absolute Gasteiger partial charge is 0.493 e. The van der Waals surface area contributed by atoms with E-state index in [1.54, 1.807) is 12.1 Å². The lowest BCUT2D eigenvalue weighted by atomic mass is 10.2. The van der Waals surface area contributed by atoms with Crippen molar-refractivity contribution in [2.45, 2.75) is 13.3 Å². The second-order valence-corrected chi connectivity index (χ2v) is 6.47. The number of benzene rings is 1. The Morgan fingerprint density at radius 2 is 1.82 bits per heavy atom. The van der Waals surface area contributed by atoms with Crippen LogP contribution in [-0.4, -0.2) is 47.4 Å². The first-order valence-corrected chi connectivity index (χ1v) is 8.56. The first-order valence-electron chi connectivity index (χ1n) is 6.91. The summed E-state index contributed by atoms with van der Waals surface area (Å²) in [6, 6.07) is 4.74. The summed E-state index contributed by atoms with van der Waals surface area (Å²) >= 11 is 0. The lowest BCUT2D eigenvalue weighted by Gasteiger charge is -2.10. The summed E-state index contributed by atoms with van der Waals surface area (Å²) in [4.78, 5) is 12.0. The minimum absolute atomic E-state index is 0.0340. The van der Waals surface area contributed by atoms with E-state index in [1.807, 2.05) is 6.92 Å². The monoisotopic (exact) mass is 330 g/mol. The summed E-state index contributed by atoms with van der Waals surface area (Å²) in [5.41, 5.74) is 0.372. The SMILES string of the molecule is CCCNS(=O)(=O)CCNC(=O)c1ccc(OC)c(OC)c1. The summed E-state index contributed by atoms with van der Waals surface area (Å²) in [6.45, 7) is 2.31. The molecule has 0 aliphatic rings. The van der Waals surface area contributed by atoms with Crippen LogP contribution in [0.4, 0.5) is 0 Å². The van der Waals surface area contributed by atoms with Gasteiger partial charge in [-0.05, 0) is 24.6 Å². The summed E-state index contributed by atoms with van der Waals surface area (Å²) in [6.07, 6.45) is 0.719. The van der Waals surface area contributed by atoms with Crippen LogP contribution >= 0.6 is 0 Å². The lowest BCUT2D eigenvalue weighted by molar-refractivity contribution is 0.0955. The Bertz CT molecular complexity index is 601. The average Bonchev–Trinajstić information content (AvgIpc) is 2.51. The summed E-state index contributed by atoms with van der Waals surface area (Å²) in [5, 5.41) is 2.57. The molecule has 8 heteroatoms. The van der Waals surface area contributed by atoms with Crippen LogP contribution in [0.2, 0.25) is 0 Å². The zero-order valence-corrected chi connectivity index (χ0v) is 13.8. The van der Waals surface area contributed by atoms with Crippen LogP contribution in [0, 0.1) is 0 Å². The molecule has 124 valence electrons. The number of carbonyl (C=O) groups excluding carboxylic acids is 1. The van der Waals surface area contributed by atoms with Gasteiger partial charge in [-0.3, -0.25) is 4.79 Å². The van der Waals surface area contributed by atoms with Crippen LogP contribution in [0.1, 0.15) is 23.7 Å². The van der Waals surface area contributed by atoms with Crippen LogP contribution < -0.4 is 19.5 Å². The maximum Gasteiger partial charge on any atom is 0.251 e. The Hall–Kier alpha value is -1.80. The quantitative estimate of drug-likeness (QED) is 0.697. The molecule has 2 N–H and O–H groups in total. The van der Waals surface area contributed by atoms with Gasteiger partial charge >= 0.3 is 0 Å². The van der Waals surface area contributed by atoms with Gasteiger partial charge in [0.15, 0.2) is 11.5 Å². The van der Waals surface area contributed by atoms with E-state index >= 15 is 0 Å². The number of carbonyl (C=O) groups is 1. The van der Waals surface area contributed by atoms with Gasteiger partial charge in [-0.1, -0.05) is 6.92 Å². The molecular weight excluding hydrogens is 308 g/mol. The van der Waals surface area contributed by atoms with Gasteiger partial charge in [-0.2, -0.15) is 0 Å². The van der Waals surface area contributed by atoms with Gasteiger partial charge in [0.2, 0.25) is 10.0 Å². The Balaban J connectivity index is 2.59. The summed E-state index contributed by atoms with van der Waals surface area (Å²) < 4.78 is 35.8. The number of hydrogen-bond acceptors (Lipinski definition) is 5.